The van der Waals surface area contributed by atoms with Crippen LogP contribution in [0.25, 0.3) is 0 Å². The molecule has 0 bridgehead atoms. The van der Waals surface area contributed by atoms with Crippen LogP contribution in [0, 0.1) is 5.82 Å². The van der Waals surface area contributed by atoms with Gasteiger partial charge < -0.3 is 5.73 Å². The van der Waals surface area contributed by atoms with Gasteiger partial charge in [-0.25, -0.2) is 9.37 Å². The maximum absolute atomic E-state index is 13.5. The number of thioether (sulfide) groups is 1. The van der Waals surface area contributed by atoms with Crippen molar-refractivity contribution in [1.29, 1.82) is 0 Å². The van der Waals surface area contributed by atoms with Crippen molar-refractivity contribution in [3.63, 3.8) is 0 Å². The molecular weight excluding hydrogens is 259 g/mol. The average molecular weight is 269 g/mol. The molecule has 1 aromatic heterocycles. The maximum Gasteiger partial charge on any atom is 0.128 e. The number of hydrogen-bond acceptors (Lipinski definition) is 3. The van der Waals surface area contributed by atoms with Crippen molar-refractivity contribution in [3.05, 3.63) is 52.9 Å². The summed E-state index contributed by atoms with van der Waals surface area (Å²) in [5.74, 6) is 0.731. The molecule has 5 heteroatoms. The second-order valence-electron chi connectivity index (χ2n) is 3.44. The van der Waals surface area contributed by atoms with Gasteiger partial charge in [-0.15, -0.1) is 11.8 Å². The molecule has 0 spiro atoms. The summed E-state index contributed by atoms with van der Waals surface area (Å²) in [7, 11) is 0. The van der Waals surface area contributed by atoms with Crippen molar-refractivity contribution >= 4 is 29.2 Å². The standard InChI is InChI=1S/C12H10ClFN2S/c13-9-2-1-8(11(14)5-9)7-17-10-3-4-12(15)16-6-10/h1-6H,7H2,(H2,15,16). The number of hydrogen-bond donors (Lipinski definition) is 1. The van der Waals surface area contributed by atoms with E-state index in [0.717, 1.165) is 4.90 Å². The van der Waals surface area contributed by atoms with Crippen molar-refractivity contribution in [1.82, 2.24) is 4.98 Å². The number of nitrogens with zero attached hydrogens (tertiary/aromatic N) is 1. The molecule has 2 nitrogen and oxygen atoms in total. The molecule has 0 aliphatic carbocycles. The Morgan fingerprint density at radius 3 is 2.76 bits per heavy atom. The Balaban J connectivity index is 2.04. The zero-order valence-electron chi connectivity index (χ0n) is 8.86. The van der Waals surface area contributed by atoms with Crippen LogP contribution in [0.15, 0.2) is 41.4 Å². The minimum Gasteiger partial charge on any atom is -0.384 e. The molecule has 0 fully saturated rings. The van der Waals surface area contributed by atoms with E-state index in [1.54, 1.807) is 24.4 Å². The van der Waals surface area contributed by atoms with E-state index in [0.29, 0.717) is 22.2 Å². The third-order valence-corrected chi connectivity index (χ3v) is 3.43. The number of anilines is 1. The van der Waals surface area contributed by atoms with E-state index in [1.165, 1.54) is 17.8 Å². The van der Waals surface area contributed by atoms with E-state index in [1.807, 2.05) is 6.07 Å². The van der Waals surface area contributed by atoms with E-state index in [9.17, 15) is 4.39 Å². The summed E-state index contributed by atoms with van der Waals surface area (Å²) in [5, 5.41) is 0.408. The highest BCUT2D eigenvalue weighted by Crippen LogP contribution is 2.25. The monoisotopic (exact) mass is 268 g/mol. The molecular formula is C12H10ClFN2S. The Morgan fingerprint density at radius 1 is 1.29 bits per heavy atom. The normalized spacial score (nSPS) is 10.5. The molecule has 1 heterocycles. The Labute approximate surface area is 108 Å². The average Bonchev–Trinajstić information content (AvgIpc) is 2.30. The fourth-order valence-electron chi connectivity index (χ4n) is 1.28. The molecule has 2 rings (SSSR count). The Kier molecular flexibility index (Phi) is 3.86. The summed E-state index contributed by atoms with van der Waals surface area (Å²) in [6.07, 6.45) is 1.67. The van der Waals surface area contributed by atoms with Gasteiger partial charge in [0.25, 0.3) is 0 Å². The summed E-state index contributed by atoms with van der Waals surface area (Å²) in [5.41, 5.74) is 6.10. The SMILES string of the molecule is Nc1ccc(SCc2ccc(Cl)cc2F)cn1. The predicted octanol–water partition coefficient (Wildman–Crippen LogP) is 3.75. The molecule has 0 radical (unpaired) electrons. The molecule has 0 aliphatic heterocycles. The lowest BCUT2D eigenvalue weighted by molar-refractivity contribution is 0.617. The van der Waals surface area contributed by atoms with Gasteiger partial charge in [0.1, 0.15) is 11.6 Å². The molecule has 17 heavy (non-hydrogen) atoms. The lowest BCUT2D eigenvalue weighted by atomic mass is 10.2. The highest BCUT2D eigenvalue weighted by atomic mass is 35.5. The fraction of sp³-hybridized carbons (Fsp3) is 0.0833. The lowest BCUT2D eigenvalue weighted by Gasteiger charge is -2.04. The van der Waals surface area contributed by atoms with E-state index < -0.39 is 0 Å². The third-order valence-electron chi connectivity index (χ3n) is 2.17. The molecule has 2 N–H and O–H groups in total. The van der Waals surface area contributed by atoms with Crippen LogP contribution in [-0.4, -0.2) is 4.98 Å². The van der Waals surface area contributed by atoms with Crippen molar-refractivity contribution in [3.8, 4) is 0 Å². The van der Waals surface area contributed by atoms with Gasteiger partial charge in [0.2, 0.25) is 0 Å². The summed E-state index contributed by atoms with van der Waals surface area (Å²) >= 11 is 7.18. The van der Waals surface area contributed by atoms with Crippen LogP contribution < -0.4 is 5.73 Å². The summed E-state index contributed by atoms with van der Waals surface area (Å²) in [6, 6.07) is 8.28. The van der Waals surface area contributed by atoms with Crippen LogP contribution in [0.3, 0.4) is 0 Å². The summed E-state index contributed by atoms with van der Waals surface area (Å²) in [4.78, 5) is 4.92. The van der Waals surface area contributed by atoms with Gasteiger partial charge in [-0.3, -0.25) is 0 Å². The highest BCUT2D eigenvalue weighted by Gasteiger charge is 2.04. The number of aromatic nitrogens is 1. The molecule has 2 aromatic rings. The second kappa shape index (κ2) is 5.38. The minimum absolute atomic E-state index is 0.284. The molecule has 0 unspecified atom stereocenters. The third kappa shape index (κ3) is 3.35. The van der Waals surface area contributed by atoms with E-state index in [-0.39, 0.29) is 5.82 Å². The number of nitrogens with two attached hydrogens (primary N) is 1. The van der Waals surface area contributed by atoms with Gasteiger partial charge in [0, 0.05) is 21.9 Å². The zero-order valence-corrected chi connectivity index (χ0v) is 10.4. The van der Waals surface area contributed by atoms with Gasteiger partial charge in [-0.05, 0) is 29.8 Å². The number of pyridine rings is 1. The Bertz CT molecular complexity index is 516. The predicted molar refractivity (Wildman–Crippen MR) is 69.6 cm³/mol. The summed E-state index contributed by atoms with van der Waals surface area (Å²) in [6.45, 7) is 0. The van der Waals surface area contributed by atoms with Crippen LogP contribution in [-0.2, 0) is 5.75 Å². The maximum atomic E-state index is 13.5. The number of rotatable bonds is 3. The van der Waals surface area contributed by atoms with E-state index in [4.69, 9.17) is 17.3 Å². The number of halogens is 2. The quantitative estimate of drug-likeness (QED) is 0.862. The molecule has 0 aliphatic rings. The second-order valence-corrected chi connectivity index (χ2v) is 4.93. The first-order valence-electron chi connectivity index (χ1n) is 4.93. The molecule has 88 valence electrons. The van der Waals surface area contributed by atoms with Crippen molar-refractivity contribution in [2.24, 2.45) is 0 Å². The molecule has 0 atom stereocenters. The van der Waals surface area contributed by atoms with E-state index >= 15 is 0 Å². The lowest BCUT2D eigenvalue weighted by Crippen LogP contribution is -1.90. The molecule has 0 saturated heterocycles. The fourth-order valence-corrected chi connectivity index (χ4v) is 2.28. The van der Waals surface area contributed by atoms with Gasteiger partial charge in [0.15, 0.2) is 0 Å². The first-order chi connectivity index (χ1) is 8.15. The van der Waals surface area contributed by atoms with E-state index in [2.05, 4.69) is 4.98 Å². The first-order valence-corrected chi connectivity index (χ1v) is 6.30. The topological polar surface area (TPSA) is 38.9 Å². The van der Waals surface area contributed by atoms with Crippen LogP contribution in [0.4, 0.5) is 10.2 Å². The van der Waals surface area contributed by atoms with Gasteiger partial charge in [-0.1, -0.05) is 17.7 Å². The van der Waals surface area contributed by atoms with Crippen LogP contribution in [0.1, 0.15) is 5.56 Å². The zero-order chi connectivity index (χ0) is 12.3. The van der Waals surface area contributed by atoms with Crippen LogP contribution >= 0.6 is 23.4 Å². The Hall–Kier alpha value is -1.26. The van der Waals surface area contributed by atoms with Crippen molar-refractivity contribution < 1.29 is 4.39 Å². The summed E-state index contributed by atoms with van der Waals surface area (Å²) < 4.78 is 13.5. The Morgan fingerprint density at radius 2 is 2.12 bits per heavy atom. The van der Waals surface area contributed by atoms with Crippen molar-refractivity contribution in [2.75, 3.05) is 5.73 Å². The van der Waals surface area contributed by atoms with Gasteiger partial charge in [-0.2, -0.15) is 0 Å². The van der Waals surface area contributed by atoms with Gasteiger partial charge in [0.05, 0.1) is 0 Å². The molecule has 1 aromatic carbocycles. The number of benzene rings is 1. The van der Waals surface area contributed by atoms with Crippen LogP contribution in [0.2, 0.25) is 5.02 Å². The molecule has 0 amide bonds. The first kappa shape index (κ1) is 12.2. The number of nitrogen functional groups attached to an aromatic ring is 1. The van der Waals surface area contributed by atoms with Crippen LogP contribution in [0.5, 0.6) is 0 Å². The van der Waals surface area contributed by atoms with Gasteiger partial charge >= 0.3 is 0 Å². The minimum atomic E-state index is -0.284. The van der Waals surface area contributed by atoms with Crippen molar-refractivity contribution in [2.45, 2.75) is 10.6 Å². The largest absolute Gasteiger partial charge is 0.384 e. The highest BCUT2D eigenvalue weighted by molar-refractivity contribution is 7.98. The molecule has 0 saturated carbocycles. The smallest absolute Gasteiger partial charge is 0.128 e.